The minimum Gasteiger partial charge on any atom is -0.370 e. The number of nitrogens with one attached hydrogen (secondary N) is 1. The Labute approximate surface area is 148 Å². The van der Waals surface area contributed by atoms with Gasteiger partial charge < -0.3 is 10.2 Å². The second kappa shape index (κ2) is 7.59. The standard InChI is InChI=1S/C17H19F2N5O2/c1-23-15(25)7-13(10-22-23)24-4-2-11(3-5-24)8-21-17(26)16-14(19)6-12(18)9-20-16/h6-7,9-11H,2-5,8H2,1H3,(H,21,26). The van der Waals surface area contributed by atoms with Gasteiger partial charge in [0, 0.05) is 38.8 Å². The maximum Gasteiger partial charge on any atom is 0.272 e. The first-order chi connectivity index (χ1) is 12.4. The SMILES string of the molecule is Cn1ncc(N2CCC(CNC(=O)c3ncc(F)cc3F)CC2)cc1=O. The lowest BCUT2D eigenvalue weighted by molar-refractivity contribution is 0.0935. The van der Waals surface area contributed by atoms with E-state index in [4.69, 9.17) is 0 Å². The van der Waals surface area contributed by atoms with Gasteiger partial charge in [0.05, 0.1) is 18.1 Å². The highest BCUT2D eigenvalue weighted by Gasteiger charge is 2.22. The monoisotopic (exact) mass is 363 g/mol. The lowest BCUT2D eigenvalue weighted by Gasteiger charge is -2.33. The van der Waals surface area contributed by atoms with Gasteiger partial charge in [-0.3, -0.25) is 9.59 Å². The van der Waals surface area contributed by atoms with Gasteiger partial charge in [0.15, 0.2) is 11.5 Å². The summed E-state index contributed by atoms with van der Waals surface area (Å²) in [6.45, 7) is 1.86. The Kier molecular flexibility index (Phi) is 5.24. The van der Waals surface area contributed by atoms with Crippen LogP contribution < -0.4 is 15.8 Å². The van der Waals surface area contributed by atoms with Gasteiger partial charge in [-0.05, 0) is 18.8 Å². The van der Waals surface area contributed by atoms with Gasteiger partial charge in [0.2, 0.25) is 0 Å². The Morgan fingerprint density at radius 1 is 1.27 bits per heavy atom. The number of amides is 1. The van der Waals surface area contributed by atoms with E-state index in [-0.39, 0.29) is 11.5 Å². The van der Waals surface area contributed by atoms with Crippen molar-refractivity contribution in [2.24, 2.45) is 13.0 Å². The molecule has 0 saturated carbocycles. The summed E-state index contributed by atoms with van der Waals surface area (Å²) in [4.78, 5) is 29.2. The molecule has 1 fully saturated rings. The van der Waals surface area contributed by atoms with E-state index < -0.39 is 23.2 Å². The zero-order chi connectivity index (χ0) is 18.7. The Bertz CT molecular complexity index is 862. The molecule has 0 atom stereocenters. The van der Waals surface area contributed by atoms with Gasteiger partial charge in [-0.15, -0.1) is 0 Å². The van der Waals surface area contributed by atoms with Gasteiger partial charge in [0.1, 0.15) is 5.82 Å². The number of hydrogen-bond donors (Lipinski definition) is 1. The molecule has 7 nitrogen and oxygen atoms in total. The number of pyridine rings is 1. The summed E-state index contributed by atoms with van der Waals surface area (Å²) in [5.41, 5.74) is 0.217. The normalized spacial score (nSPS) is 15.1. The fourth-order valence-corrected chi connectivity index (χ4v) is 2.93. The Hall–Kier alpha value is -2.84. The van der Waals surface area contributed by atoms with Crippen molar-refractivity contribution in [2.75, 3.05) is 24.5 Å². The lowest BCUT2D eigenvalue weighted by Crippen LogP contribution is -2.39. The molecule has 1 saturated heterocycles. The van der Waals surface area contributed by atoms with Crippen LogP contribution in [0, 0.1) is 17.6 Å². The van der Waals surface area contributed by atoms with Gasteiger partial charge in [-0.2, -0.15) is 5.10 Å². The first kappa shape index (κ1) is 18.0. The predicted octanol–water partition coefficient (Wildman–Crippen LogP) is 1.10. The molecule has 0 aliphatic carbocycles. The molecule has 0 unspecified atom stereocenters. The van der Waals surface area contributed by atoms with Gasteiger partial charge >= 0.3 is 0 Å². The molecule has 2 aromatic heterocycles. The highest BCUT2D eigenvalue weighted by atomic mass is 19.1. The molecular formula is C17H19F2N5O2. The van der Waals surface area contributed by atoms with Crippen molar-refractivity contribution in [3.63, 3.8) is 0 Å². The van der Waals surface area contributed by atoms with Crippen LogP contribution in [0.3, 0.4) is 0 Å². The van der Waals surface area contributed by atoms with Crippen LogP contribution in [0.2, 0.25) is 0 Å². The van der Waals surface area contributed by atoms with Crippen molar-refractivity contribution in [2.45, 2.75) is 12.8 Å². The van der Waals surface area contributed by atoms with Crippen LogP contribution in [-0.2, 0) is 7.05 Å². The summed E-state index contributed by atoms with van der Waals surface area (Å²) in [7, 11) is 1.60. The molecule has 1 amide bonds. The molecule has 3 rings (SSSR count). The number of piperidine rings is 1. The number of hydrogen-bond acceptors (Lipinski definition) is 5. The molecule has 3 heterocycles. The maximum atomic E-state index is 13.6. The summed E-state index contributed by atoms with van der Waals surface area (Å²) in [5.74, 6) is -2.22. The first-order valence-corrected chi connectivity index (χ1v) is 8.31. The fraction of sp³-hybridized carbons (Fsp3) is 0.412. The molecule has 26 heavy (non-hydrogen) atoms. The van der Waals surface area contributed by atoms with Gasteiger partial charge in [-0.25, -0.2) is 18.4 Å². The van der Waals surface area contributed by atoms with E-state index in [9.17, 15) is 18.4 Å². The molecule has 0 radical (unpaired) electrons. The molecule has 2 aromatic rings. The van der Waals surface area contributed by atoms with E-state index in [1.165, 1.54) is 4.68 Å². The van der Waals surface area contributed by atoms with Crippen LogP contribution in [0.4, 0.5) is 14.5 Å². The predicted molar refractivity (Wildman–Crippen MR) is 90.9 cm³/mol. The molecule has 1 aliphatic heterocycles. The van der Waals surface area contributed by atoms with E-state index in [2.05, 4.69) is 20.3 Å². The van der Waals surface area contributed by atoms with Crippen molar-refractivity contribution in [1.82, 2.24) is 20.1 Å². The molecule has 9 heteroatoms. The van der Waals surface area contributed by atoms with E-state index in [0.29, 0.717) is 12.6 Å². The number of aromatic nitrogens is 3. The van der Waals surface area contributed by atoms with E-state index in [1.807, 2.05) is 0 Å². The minimum absolute atomic E-state index is 0.161. The average Bonchev–Trinajstić information content (AvgIpc) is 2.62. The number of nitrogens with zero attached hydrogens (tertiary/aromatic N) is 4. The van der Waals surface area contributed by atoms with Crippen LogP contribution in [0.25, 0.3) is 0 Å². The van der Waals surface area contributed by atoms with Gasteiger partial charge in [0.25, 0.3) is 11.5 Å². The van der Waals surface area contributed by atoms with Crippen molar-refractivity contribution < 1.29 is 13.6 Å². The van der Waals surface area contributed by atoms with Crippen LogP contribution >= 0.6 is 0 Å². The number of rotatable bonds is 4. The van der Waals surface area contributed by atoms with E-state index in [1.54, 1.807) is 19.3 Å². The Morgan fingerprint density at radius 3 is 2.65 bits per heavy atom. The van der Waals surface area contributed by atoms with Crippen LogP contribution in [0.1, 0.15) is 23.3 Å². The van der Waals surface area contributed by atoms with Crippen molar-refractivity contribution in [1.29, 1.82) is 0 Å². The van der Waals surface area contributed by atoms with Crippen molar-refractivity contribution in [3.05, 3.63) is 52.2 Å². The molecular weight excluding hydrogens is 344 g/mol. The molecule has 0 spiro atoms. The highest BCUT2D eigenvalue weighted by Crippen LogP contribution is 2.21. The third-order valence-electron chi connectivity index (χ3n) is 4.51. The topological polar surface area (TPSA) is 80.1 Å². The molecule has 0 bridgehead atoms. The third kappa shape index (κ3) is 4.04. The number of carbonyl (C=O) groups excluding carboxylic acids is 1. The number of halogens is 2. The van der Waals surface area contributed by atoms with Gasteiger partial charge in [-0.1, -0.05) is 0 Å². The Balaban J connectivity index is 1.51. The molecule has 138 valence electrons. The fourth-order valence-electron chi connectivity index (χ4n) is 2.93. The summed E-state index contributed by atoms with van der Waals surface area (Å²) in [6.07, 6.45) is 4.10. The first-order valence-electron chi connectivity index (χ1n) is 8.31. The molecule has 1 N–H and O–H groups in total. The average molecular weight is 363 g/mol. The quantitative estimate of drug-likeness (QED) is 0.880. The zero-order valence-corrected chi connectivity index (χ0v) is 14.3. The highest BCUT2D eigenvalue weighted by molar-refractivity contribution is 5.92. The number of carbonyl (C=O) groups is 1. The zero-order valence-electron chi connectivity index (χ0n) is 14.3. The summed E-state index contributed by atoms with van der Waals surface area (Å²) >= 11 is 0. The molecule has 1 aliphatic rings. The van der Waals surface area contributed by atoms with Crippen LogP contribution in [0.15, 0.2) is 29.3 Å². The van der Waals surface area contributed by atoms with Crippen LogP contribution in [-0.4, -0.2) is 40.3 Å². The summed E-state index contributed by atoms with van der Waals surface area (Å²) in [6, 6.07) is 2.19. The van der Waals surface area contributed by atoms with Crippen LogP contribution in [0.5, 0.6) is 0 Å². The second-order valence-electron chi connectivity index (χ2n) is 6.30. The summed E-state index contributed by atoms with van der Waals surface area (Å²) < 4.78 is 27.7. The minimum atomic E-state index is -0.976. The smallest absolute Gasteiger partial charge is 0.272 e. The van der Waals surface area contributed by atoms with E-state index >= 15 is 0 Å². The van der Waals surface area contributed by atoms with E-state index in [0.717, 1.165) is 37.8 Å². The number of anilines is 1. The van der Waals surface area contributed by atoms with Crippen molar-refractivity contribution in [3.8, 4) is 0 Å². The van der Waals surface area contributed by atoms with Crippen molar-refractivity contribution >= 4 is 11.6 Å². The molecule has 0 aromatic carbocycles. The largest absolute Gasteiger partial charge is 0.370 e. The second-order valence-corrected chi connectivity index (χ2v) is 6.30. The maximum absolute atomic E-state index is 13.6. The Morgan fingerprint density at radius 2 is 2.00 bits per heavy atom. The number of aryl methyl sites for hydroxylation is 1. The third-order valence-corrected chi connectivity index (χ3v) is 4.51. The lowest BCUT2D eigenvalue weighted by atomic mass is 9.96. The summed E-state index contributed by atoms with van der Waals surface area (Å²) in [5, 5.41) is 6.67.